The van der Waals surface area contributed by atoms with E-state index in [1.54, 1.807) is 0 Å². The number of aromatic amines is 1. The van der Waals surface area contributed by atoms with Crippen LogP contribution >= 0.6 is 12.2 Å². The van der Waals surface area contributed by atoms with Gasteiger partial charge < -0.3 is 4.74 Å². The van der Waals surface area contributed by atoms with Crippen LogP contribution in [0.3, 0.4) is 0 Å². The fourth-order valence-corrected chi connectivity index (χ4v) is 2.66. The van der Waals surface area contributed by atoms with Crippen LogP contribution in [0, 0.1) is 11.6 Å². The Hall–Kier alpha value is -1.20. The summed E-state index contributed by atoms with van der Waals surface area (Å²) < 4.78 is 8.05. The average Bonchev–Trinajstić information content (AvgIpc) is 2.74. The molecule has 1 aliphatic rings. The normalized spacial score (nSPS) is 17.7. The molecule has 0 radical (unpaired) electrons. The van der Waals surface area contributed by atoms with Crippen molar-refractivity contribution in [2.75, 3.05) is 13.2 Å². The minimum Gasteiger partial charge on any atom is -0.381 e. The molecule has 0 atom stereocenters. The van der Waals surface area contributed by atoms with E-state index in [9.17, 15) is 0 Å². The number of aromatic nitrogens is 3. The Labute approximate surface area is 105 Å². The predicted octanol–water partition coefficient (Wildman–Crippen LogP) is 2.59. The maximum absolute atomic E-state index is 5.38. The molecule has 1 fully saturated rings. The molecule has 90 valence electrons. The van der Waals surface area contributed by atoms with E-state index >= 15 is 0 Å². The second-order valence-corrected chi connectivity index (χ2v) is 4.95. The number of H-pyrrole nitrogens is 1. The van der Waals surface area contributed by atoms with Crippen LogP contribution in [0.1, 0.15) is 30.1 Å². The van der Waals surface area contributed by atoms with Crippen molar-refractivity contribution < 1.29 is 4.74 Å². The van der Waals surface area contributed by atoms with Crippen LogP contribution in [-0.4, -0.2) is 27.8 Å². The number of nitrogens with zero attached hydrogens (tertiary/aromatic N) is 2. The Bertz CT molecular complexity index is 595. The first kappa shape index (κ1) is 10.9. The zero-order chi connectivity index (χ0) is 11.8. The van der Waals surface area contributed by atoms with Crippen molar-refractivity contribution in [1.82, 2.24) is 14.6 Å². The first-order valence-electron chi connectivity index (χ1n) is 5.91. The van der Waals surface area contributed by atoms with Crippen molar-refractivity contribution in [2.24, 2.45) is 0 Å². The number of ether oxygens (including phenoxy) is 1. The fourth-order valence-electron chi connectivity index (χ4n) is 2.35. The van der Waals surface area contributed by atoms with Crippen LogP contribution in [0.4, 0.5) is 0 Å². The third kappa shape index (κ3) is 2.00. The van der Waals surface area contributed by atoms with Gasteiger partial charge in [0.2, 0.25) is 0 Å². The van der Waals surface area contributed by atoms with Crippen molar-refractivity contribution in [3.05, 3.63) is 28.2 Å². The Morgan fingerprint density at radius 1 is 1.41 bits per heavy atom. The zero-order valence-corrected chi connectivity index (χ0v) is 10.6. The zero-order valence-electron chi connectivity index (χ0n) is 9.77. The Kier molecular flexibility index (Phi) is 2.72. The van der Waals surface area contributed by atoms with Crippen LogP contribution in [0.15, 0.2) is 12.1 Å². The molecule has 5 heteroatoms. The summed E-state index contributed by atoms with van der Waals surface area (Å²) in [5.41, 5.74) is 3.10. The van der Waals surface area contributed by atoms with Gasteiger partial charge in [-0.05, 0) is 25.8 Å². The molecule has 0 amide bonds. The van der Waals surface area contributed by atoms with Gasteiger partial charge in [-0.3, -0.25) is 5.10 Å². The third-order valence-electron chi connectivity index (χ3n) is 3.26. The van der Waals surface area contributed by atoms with Crippen molar-refractivity contribution in [1.29, 1.82) is 0 Å². The van der Waals surface area contributed by atoms with Gasteiger partial charge in [0.05, 0.1) is 0 Å². The summed E-state index contributed by atoms with van der Waals surface area (Å²) in [7, 11) is 0. The minimum atomic E-state index is 0.542. The highest BCUT2D eigenvalue weighted by Crippen LogP contribution is 2.26. The van der Waals surface area contributed by atoms with E-state index in [4.69, 9.17) is 17.0 Å². The second kappa shape index (κ2) is 4.23. The lowest BCUT2D eigenvalue weighted by Gasteiger charge is -2.20. The Balaban J connectivity index is 2.06. The summed E-state index contributed by atoms with van der Waals surface area (Å²) in [5.74, 6) is 0.542. The topological polar surface area (TPSA) is 42.3 Å². The van der Waals surface area contributed by atoms with Crippen molar-refractivity contribution >= 4 is 17.9 Å². The number of rotatable bonds is 1. The van der Waals surface area contributed by atoms with E-state index in [2.05, 4.69) is 16.1 Å². The fraction of sp³-hybridized carbons (Fsp3) is 0.500. The standard InChI is InChI=1S/C12H15N3OS/c1-8-6-12(17)15-11(13-8)7-10(14-15)9-2-4-16-5-3-9/h6-7,9,14H,2-5H2,1H3. The van der Waals surface area contributed by atoms with Crippen LogP contribution in [0.5, 0.6) is 0 Å². The number of aryl methyl sites for hydroxylation is 1. The van der Waals surface area contributed by atoms with Crippen LogP contribution in [0.25, 0.3) is 5.65 Å². The third-order valence-corrected chi connectivity index (χ3v) is 3.56. The van der Waals surface area contributed by atoms with Crippen molar-refractivity contribution in [3.63, 3.8) is 0 Å². The molecule has 2 aromatic heterocycles. The van der Waals surface area contributed by atoms with Crippen molar-refractivity contribution in [3.8, 4) is 0 Å². The highest BCUT2D eigenvalue weighted by Gasteiger charge is 2.18. The molecule has 17 heavy (non-hydrogen) atoms. The Morgan fingerprint density at radius 2 is 2.18 bits per heavy atom. The highest BCUT2D eigenvalue weighted by molar-refractivity contribution is 7.71. The maximum atomic E-state index is 5.38. The molecule has 0 bridgehead atoms. The lowest BCUT2D eigenvalue weighted by molar-refractivity contribution is 0.0844. The number of hydrogen-bond acceptors (Lipinski definition) is 3. The largest absolute Gasteiger partial charge is 0.381 e. The monoisotopic (exact) mass is 249 g/mol. The Morgan fingerprint density at radius 3 is 2.94 bits per heavy atom. The molecule has 3 rings (SSSR count). The summed E-state index contributed by atoms with van der Waals surface area (Å²) in [6.45, 7) is 3.66. The second-order valence-electron chi connectivity index (χ2n) is 4.53. The lowest BCUT2D eigenvalue weighted by atomic mass is 9.97. The highest BCUT2D eigenvalue weighted by atomic mass is 32.1. The molecule has 1 saturated heterocycles. The van der Waals surface area contributed by atoms with Gasteiger partial charge in [-0.15, -0.1) is 0 Å². The van der Waals surface area contributed by atoms with Crippen LogP contribution in [0.2, 0.25) is 0 Å². The first-order chi connectivity index (χ1) is 8.24. The molecule has 1 N–H and O–H groups in total. The molecule has 2 aromatic rings. The molecule has 0 aromatic carbocycles. The van der Waals surface area contributed by atoms with E-state index in [1.165, 1.54) is 5.69 Å². The lowest BCUT2D eigenvalue weighted by Crippen LogP contribution is -2.14. The van der Waals surface area contributed by atoms with Gasteiger partial charge in [0.15, 0.2) is 5.65 Å². The van der Waals surface area contributed by atoms with E-state index < -0.39 is 0 Å². The van der Waals surface area contributed by atoms with Gasteiger partial charge in [0, 0.05) is 36.6 Å². The molecule has 3 heterocycles. The molecule has 0 aliphatic carbocycles. The van der Waals surface area contributed by atoms with Crippen molar-refractivity contribution in [2.45, 2.75) is 25.7 Å². The summed E-state index contributed by atoms with van der Waals surface area (Å²) in [6, 6.07) is 4.02. The van der Waals surface area contributed by atoms with Gasteiger partial charge in [-0.25, -0.2) is 9.50 Å². The predicted molar refractivity (Wildman–Crippen MR) is 67.9 cm³/mol. The van der Waals surface area contributed by atoms with E-state index in [0.717, 1.165) is 42.0 Å². The molecule has 0 spiro atoms. The summed E-state index contributed by atoms with van der Waals surface area (Å²) in [6.07, 6.45) is 2.14. The SMILES string of the molecule is Cc1cc(=S)n2[nH]c(C3CCOCC3)cc2n1. The van der Waals surface area contributed by atoms with E-state index in [-0.39, 0.29) is 0 Å². The maximum Gasteiger partial charge on any atom is 0.154 e. The van der Waals surface area contributed by atoms with Crippen LogP contribution < -0.4 is 0 Å². The summed E-state index contributed by atoms with van der Waals surface area (Å²) in [4.78, 5) is 4.49. The van der Waals surface area contributed by atoms with E-state index in [1.807, 2.05) is 17.5 Å². The minimum absolute atomic E-state index is 0.542. The van der Waals surface area contributed by atoms with E-state index in [0.29, 0.717) is 5.92 Å². The van der Waals surface area contributed by atoms with Gasteiger partial charge >= 0.3 is 0 Å². The van der Waals surface area contributed by atoms with Gasteiger partial charge in [-0.2, -0.15) is 0 Å². The number of fused-ring (bicyclic) bond motifs is 1. The smallest absolute Gasteiger partial charge is 0.154 e. The van der Waals surface area contributed by atoms with Gasteiger partial charge in [0.1, 0.15) is 4.64 Å². The average molecular weight is 249 g/mol. The summed E-state index contributed by atoms with van der Waals surface area (Å²) >= 11 is 5.32. The quantitative estimate of drug-likeness (QED) is 0.790. The molecule has 0 saturated carbocycles. The number of hydrogen-bond donors (Lipinski definition) is 1. The molecule has 1 aliphatic heterocycles. The van der Waals surface area contributed by atoms with Gasteiger partial charge in [0.25, 0.3) is 0 Å². The van der Waals surface area contributed by atoms with Crippen LogP contribution in [-0.2, 0) is 4.74 Å². The molecule has 0 unspecified atom stereocenters. The molecule has 4 nitrogen and oxygen atoms in total. The molecular formula is C12H15N3OS. The first-order valence-corrected chi connectivity index (χ1v) is 6.32. The summed E-state index contributed by atoms with van der Waals surface area (Å²) in [5, 5.41) is 3.36. The number of nitrogens with one attached hydrogen (secondary N) is 1. The van der Waals surface area contributed by atoms with Gasteiger partial charge in [-0.1, -0.05) is 12.2 Å². The molecular weight excluding hydrogens is 234 g/mol.